The second-order valence-corrected chi connectivity index (χ2v) is 14.1. The summed E-state index contributed by atoms with van der Waals surface area (Å²) in [4.78, 5) is 0. The Labute approximate surface area is 175 Å². The highest BCUT2D eigenvalue weighted by molar-refractivity contribution is 5.67. The van der Waals surface area contributed by atoms with Crippen molar-refractivity contribution in [2.75, 3.05) is 26.4 Å². The summed E-state index contributed by atoms with van der Waals surface area (Å²) in [5.41, 5.74) is 2.27. The van der Waals surface area contributed by atoms with E-state index in [0.717, 1.165) is 73.8 Å². The molecule has 14 fully saturated rings. The van der Waals surface area contributed by atoms with Gasteiger partial charge in [0.25, 0.3) is 0 Å². The highest BCUT2D eigenvalue weighted by atomic mass is 16.8. The van der Waals surface area contributed by atoms with Crippen LogP contribution in [0.2, 0.25) is 0 Å². The van der Waals surface area contributed by atoms with Crippen LogP contribution in [0.4, 0.5) is 0 Å². The average molecular weight is 405 g/mol. The molecule has 30 heavy (non-hydrogen) atoms. The fourth-order valence-corrected chi connectivity index (χ4v) is 18.8. The third-order valence-electron chi connectivity index (χ3n) is 16.1. The Bertz CT molecular complexity index is 907. The van der Waals surface area contributed by atoms with Crippen LogP contribution in [0.5, 0.6) is 0 Å². The fraction of sp³-hybridized carbons (Fsp3) is 1.00. The maximum absolute atomic E-state index is 6.89. The van der Waals surface area contributed by atoms with E-state index in [9.17, 15) is 0 Å². The number of hydrogen-bond donors (Lipinski definition) is 0. The largest absolute Gasteiger partial charge is 0.347 e. The molecule has 0 amide bonds. The van der Waals surface area contributed by atoms with Crippen LogP contribution < -0.4 is 0 Å². The SMILES string of the molecule is C1COC2(O1)[C@H]1C3C4[C@@H]5C6(OCCO6)[C@H]3C36[C@@H]7CC[C@H]8C9C7[C@@H]7CC[C@H]9C([C@@H]42)(C183)C576. The number of rotatable bonds is 0. The Hall–Kier alpha value is -0.160. The summed E-state index contributed by atoms with van der Waals surface area (Å²) in [7, 11) is 0. The Balaban J connectivity index is 1.30. The second kappa shape index (κ2) is 3.18. The molecule has 6 spiro atoms. The number of hydrogen-bond acceptors (Lipinski definition) is 4. The summed E-state index contributed by atoms with van der Waals surface area (Å²) in [5.74, 6) is 10.1. The fourth-order valence-electron chi connectivity index (χ4n) is 18.8. The Morgan fingerprint density at radius 3 is 1.00 bits per heavy atom. The quantitative estimate of drug-likeness (QED) is 0.622. The molecule has 156 valence electrons. The molecule has 12 atom stereocenters. The smallest absolute Gasteiger partial charge is 0.175 e. The first kappa shape index (κ1) is 14.2. The molecule has 14 aliphatic rings. The Kier molecular flexibility index (Phi) is 1.50. The molecular weight excluding hydrogens is 376 g/mol. The predicted octanol–water partition coefficient (Wildman–Crippen LogP) is 2.52. The van der Waals surface area contributed by atoms with Gasteiger partial charge in [0.05, 0.1) is 26.4 Å². The molecule has 2 heterocycles. The minimum atomic E-state index is -0.193. The van der Waals surface area contributed by atoms with E-state index in [2.05, 4.69) is 0 Å². The molecule has 0 N–H and O–H groups in total. The van der Waals surface area contributed by atoms with Gasteiger partial charge in [0, 0.05) is 23.7 Å². The third kappa shape index (κ3) is 0.649. The first-order chi connectivity index (χ1) is 14.8. The molecular formula is C26H28O4. The molecule has 2 saturated heterocycles. The van der Waals surface area contributed by atoms with Gasteiger partial charge in [-0.3, -0.25) is 0 Å². The minimum absolute atomic E-state index is 0.193. The minimum Gasteiger partial charge on any atom is -0.347 e. The first-order valence-electron chi connectivity index (χ1n) is 13.4. The summed E-state index contributed by atoms with van der Waals surface area (Å²) in [6.45, 7) is 3.39. The molecule has 6 bridgehead atoms. The molecule has 4 unspecified atom stereocenters. The van der Waals surface area contributed by atoms with Gasteiger partial charge < -0.3 is 18.9 Å². The summed E-state index contributed by atoms with van der Waals surface area (Å²) in [6.07, 6.45) is 6.16. The normalized spacial score (nSPS) is 84.8. The molecule has 4 nitrogen and oxygen atoms in total. The molecule has 14 rings (SSSR count). The van der Waals surface area contributed by atoms with Crippen molar-refractivity contribution < 1.29 is 18.9 Å². The second-order valence-electron chi connectivity index (χ2n) is 14.1. The summed E-state index contributed by atoms with van der Waals surface area (Å²) in [5, 5.41) is 0. The molecule has 2 aliphatic heterocycles. The highest BCUT2D eigenvalue weighted by Gasteiger charge is 3.23. The lowest BCUT2D eigenvalue weighted by atomic mass is 9.21. The third-order valence-corrected chi connectivity index (χ3v) is 16.1. The molecule has 12 saturated carbocycles. The van der Waals surface area contributed by atoms with E-state index in [0.29, 0.717) is 45.3 Å². The zero-order valence-corrected chi connectivity index (χ0v) is 17.2. The molecule has 0 aromatic rings. The van der Waals surface area contributed by atoms with Crippen LogP contribution in [0.1, 0.15) is 25.7 Å². The van der Waals surface area contributed by atoms with Gasteiger partial charge in [0.15, 0.2) is 11.6 Å². The lowest BCUT2D eigenvalue weighted by Gasteiger charge is -2.81. The van der Waals surface area contributed by atoms with Crippen molar-refractivity contribution in [1.29, 1.82) is 0 Å². The van der Waals surface area contributed by atoms with Crippen molar-refractivity contribution >= 4 is 0 Å². The predicted molar refractivity (Wildman–Crippen MR) is 99.4 cm³/mol. The first-order valence-corrected chi connectivity index (χ1v) is 13.4. The molecule has 12 aliphatic carbocycles. The lowest BCUT2D eigenvalue weighted by Crippen LogP contribution is -2.79. The summed E-state index contributed by atoms with van der Waals surface area (Å²) >= 11 is 0. The monoisotopic (exact) mass is 404 g/mol. The maximum Gasteiger partial charge on any atom is 0.175 e. The van der Waals surface area contributed by atoms with Gasteiger partial charge in [0.1, 0.15) is 0 Å². The van der Waals surface area contributed by atoms with Gasteiger partial charge in [0.2, 0.25) is 0 Å². The van der Waals surface area contributed by atoms with E-state index in [-0.39, 0.29) is 11.6 Å². The summed E-state index contributed by atoms with van der Waals surface area (Å²) < 4.78 is 27.5. The van der Waals surface area contributed by atoms with Crippen LogP contribution in [0.15, 0.2) is 0 Å². The lowest BCUT2D eigenvalue weighted by molar-refractivity contribution is -0.364. The van der Waals surface area contributed by atoms with Crippen molar-refractivity contribution in [1.82, 2.24) is 0 Å². The standard InChI is InChI=1S/C26H28O4/c1-2-10-14-12-4-3-11-13(14)9(1)21-17-15-16-19(25(17)27-5-6-28-25)23(11,21)24(12)20(16)26(29-7-8-30-26)18(15)22(10,21)24/h9-20H,1-8H2/t9-,10+,11+,12-,13?,14?,15?,16?,17-,18+,19+,20-,21?,22?,23?,24?. The van der Waals surface area contributed by atoms with E-state index in [4.69, 9.17) is 18.9 Å². The Morgan fingerprint density at radius 1 is 0.400 bits per heavy atom. The van der Waals surface area contributed by atoms with Crippen LogP contribution in [-0.2, 0) is 18.9 Å². The van der Waals surface area contributed by atoms with Crippen molar-refractivity contribution in [3.63, 3.8) is 0 Å². The molecule has 0 aromatic heterocycles. The van der Waals surface area contributed by atoms with Crippen molar-refractivity contribution in [3.8, 4) is 0 Å². The zero-order valence-electron chi connectivity index (χ0n) is 17.2. The van der Waals surface area contributed by atoms with E-state index >= 15 is 0 Å². The Morgan fingerprint density at radius 2 is 0.700 bits per heavy atom. The molecule has 4 heteroatoms. The number of ether oxygens (including phenoxy) is 4. The van der Waals surface area contributed by atoms with Crippen molar-refractivity contribution in [2.24, 2.45) is 92.7 Å². The average Bonchev–Trinajstić information content (AvgIpc) is 3.58. The van der Waals surface area contributed by atoms with Crippen molar-refractivity contribution in [2.45, 2.75) is 37.3 Å². The molecule has 0 aromatic carbocycles. The van der Waals surface area contributed by atoms with Gasteiger partial charge in [-0.15, -0.1) is 0 Å². The topological polar surface area (TPSA) is 36.9 Å². The van der Waals surface area contributed by atoms with Crippen LogP contribution in [-0.4, -0.2) is 38.0 Å². The van der Waals surface area contributed by atoms with E-state index in [1.807, 2.05) is 0 Å². The van der Waals surface area contributed by atoms with E-state index in [1.54, 1.807) is 0 Å². The van der Waals surface area contributed by atoms with Crippen molar-refractivity contribution in [3.05, 3.63) is 0 Å². The van der Waals surface area contributed by atoms with Gasteiger partial charge in [-0.25, -0.2) is 0 Å². The maximum atomic E-state index is 6.89. The van der Waals surface area contributed by atoms with Gasteiger partial charge in [-0.05, 0) is 94.7 Å². The van der Waals surface area contributed by atoms with Crippen LogP contribution in [0.3, 0.4) is 0 Å². The van der Waals surface area contributed by atoms with Crippen LogP contribution >= 0.6 is 0 Å². The van der Waals surface area contributed by atoms with Crippen LogP contribution in [0, 0.1) is 92.7 Å². The van der Waals surface area contributed by atoms with Gasteiger partial charge in [-0.1, -0.05) is 0 Å². The number of fused-ring (bicyclic) bond motifs is 1. The summed E-state index contributed by atoms with van der Waals surface area (Å²) in [6, 6.07) is 0. The van der Waals surface area contributed by atoms with E-state index in [1.165, 1.54) is 25.7 Å². The zero-order chi connectivity index (χ0) is 18.4. The van der Waals surface area contributed by atoms with Gasteiger partial charge in [-0.2, -0.15) is 0 Å². The molecule has 0 radical (unpaired) electrons. The highest BCUT2D eigenvalue weighted by Crippen LogP contribution is 3.22. The van der Waals surface area contributed by atoms with Gasteiger partial charge >= 0.3 is 0 Å². The van der Waals surface area contributed by atoms with E-state index < -0.39 is 0 Å². The van der Waals surface area contributed by atoms with Crippen LogP contribution in [0.25, 0.3) is 0 Å².